The van der Waals surface area contributed by atoms with E-state index in [4.69, 9.17) is 0 Å². The maximum Gasteiger partial charge on any atom is 0.308 e. The molecule has 3 heteroatoms. The Kier molecular flexibility index (Phi) is 3.29. The average Bonchev–Trinajstić information content (AvgIpc) is 2.64. The smallest absolute Gasteiger partial charge is 0.308 e. The van der Waals surface area contributed by atoms with E-state index in [9.17, 15) is 9.90 Å². The zero-order chi connectivity index (χ0) is 10.8. The van der Waals surface area contributed by atoms with Crippen molar-refractivity contribution in [3.63, 3.8) is 0 Å². The van der Waals surface area contributed by atoms with Gasteiger partial charge in [-0.1, -0.05) is 12.8 Å². The van der Waals surface area contributed by atoms with E-state index in [0.29, 0.717) is 12.1 Å². The summed E-state index contributed by atoms with van der Waals surface area (Å²) in [5.41, 5.74) is 0. The maximum atomic E-state index is 11.2. The minimum Gasteiger partial charge on any atom is -0.481 e. The van der Waals surface area contributed by atoms with Crippen molar-refractivity contribution in [2.75, 3.05) is 6.54 Å². The number of carboxylic acid groups (broad SMARTS) is 1. The zero-order valence-corrected chi connectivity index (χ0v) is 9.48. The SMILES string of the molecule is CC1CCCN1C1CCCCC1C(=O)O. The van der Waals surface area contributed by atoms with Gasteiger partial charge in [0.05, 0.1) is 5.92 Å². The highest BCUT2D eigenvalue weighted by Gasteiger charge is 2.38. The quantitative estimate of drug-likeness (QED) is 0.760. The van der Waals surface area contributed by atoms with E-state index in [1.807, 2.05) is 0 Å². The molecule has 1 N–H and O–H groups in total. The Labute approximate surface area is 91.5 Å². The van der Waals surface area contributed by atoms with Gasteiger partial charge in [0.15, 0.2) is 0 Å². The maximum absolute atomic E-state index is 11.2. The van der Waals surface area contributed by atoms with Crippen molar-refractivity contribution in [3.05, 3.63) is 0 Å². The lowest BCUT2D eigenvalue weighted by atomic mass is 9.83. The van der Waals surface area contributed by atoms with Gasteiger partial charge in [-0.2, -0.15) is 0 Å². The molecule has 2 rings (SSSR count). The van der Waals surface area contributed by atoms with E-state index in [2.05, 4.69) is 11.8 Å². The average molecular weight is 211 g/mol. The first-order chi connectivity index (χ1) is 7.20. The molecule has 1 aliphatic carbocycles. The predicted octanol–water partition coefficient (Wildman–Crippen LogP) is 2.11. The Morgan fingerprint density at radius 3 is 2.53 bits per heavy atom. The van der Waals surface area contributed by atoms with Crippen molar-refractivity contribution < 1.29 is 9.90 Å². The molecule has 0 aromatic carbocycles. The first kappa shape index (κ1) is 10.9. The number of nitrogens with zero attached hydrogens (tertiary/aromatic N) is 1. The monoisotopic (exact) mass is 211 g/mol. The van der Waals surface area contributed by atoms with Gasteiger partial charge in [0.2, 0.25) is 0 Å². The van der Waals surface area contributed by atoms with Crippen LogP contribution in [0.4, 0.5) is 0 Å². The summed E-state index contributed by atoms with van der Waals surface area (Å²) >= 11 is 0. The van der Waals surface area contributed by atoms with Crippen LogP contribution in [0.15, 0.2) is 0 Å². The van der Waals surface area contributed by atoms with Crippen LogP contribution in [-0.4, -0.2) is 34.6 Å². The standard InChI is InChI=1S/C12H21NO2/c1-9-5-4-8-13(9)11-7-3-2-6-10(11)12(14)15/h9-11H,2-8H2,1H3,(H,14,15). The summed E-state index contributed by atoms with van der Waals surface area (Å²) in [6, 6.07) is 0.906. The minimum absolute atomic E-state index is 0.112. The molecule has 0 aromatic heterocycles. The van der Waals surface area contributed by atoms with E-state index in [1.165, 1.54) is 19.3 Å². The van der Waals surface area contributed by atoms with Gasteiger partial charge in [-0.25, -0.2) is 0 Å². The summed E-state index contributed by atoms with van der Waals surface area (Å²) in [6.45, 7) is 3.34. The van der Waals surface area contributed by atoms with Gasteiger partial charge in [-0.05, 0) is 39.2 Å². The Balaban J connectivity index is 2.06. The Hall–Kier alpha value is -0.570. The van der Waals surface area contributed by atoms with E-state index in [1.54, 1.807) is 0 Å². The highest BCUT2D eigenvalue weighted by molar-refractivity contribution is 5.71. The van der Waals surface area contributed by atoms with Crippen LogP contribution < -0.4 is 0 Å². The molecule has 3 atom stereocenters. The number of aliphatic carboxylic acids is 1. The fraction of sp³-hybridized carbons (Fsp3) is 0.917. The van der Waals surface area contributed by atoms with Crippen molar-refractivity contribution in [1.82, 2.24) is 4.90 Å². The number of carboxylic acids is 1. The van der Waals surface area contributed by atoms with Crippen LogP contribution in [0.1, 0.15) is 45.4 Å². The molecule has 2 aliphatic rings. The molecule has 0 bridgehead atoms. The summed E-state index contributed by atoms with van der Waals surface area (Å²) in [6.07, 6.45) is 6.74. The second kappa shape index (κ2) is 4.52. The van der Waals surface area contributed by atoms with Crippen LogP contribution in [-0.2, 0) is 4.79 Å². The van der Waals surface area contributed by atoms with Gasteiger partial charge in [-0.15, -0.1) is 0 Å². The van der Waals surface area contributed by atoms with E-state index >= 15 is 0 Å². The molecular weight excluding hydrogens is 190 g/mol. The Bertz CT molecular complexity index is 242. The molecule has 86 valence electrons. The molecule has 0 aromatic rings. The summed E-state index contributed by atoms with van der Waals surface area (Å²) in [5.74, 6) is -0.696. The lowest BCUT2D eigenvalue weighted by molar-refractivity contribution is -0.145. The molecule has 0 spiro atoms. The molecule has 15 heavy (non-hydrogen) atoms. The molecule has 3 unspecified atom stereocenters. The van der Waals surface area contributed by atoms with Gasteiger partial charge in [-0.3, -0.25) is 9.69 Å². The van der Waals surface area contributed by atoms with Crippen molar-refractivity contribution in [1.29, 1.82) is 0 Å². The van der Waals surface area contributed by atoms with Gasteiger partial charge in [0, 0.05) is 12.1 Å². The summed E-state index contributed by atoms with van der Waals surface area (Å²) < 4.78 is 0. The van der Waals surface area contributed by atoms with Gasteiger partial charge in [0.1, 0.15) is 0 Å². The highest BCUT2D eigenvalue weighted by Crippen LogP contribution is 2.33. The van der Waals surface area contributed by atoms with Gasteiger partial charge in [0.25, 0.3) is 0 Å². The second-order valence-electron chi connectivity index (χ2n) is 5.03. The molecule has 0 radical (unpaired) electrons. The van der Waals surface area contributed by atoms with Crippen LogP contribution in [0.5, 0.6) is 0 Å². The predicted molar refractivity (Wildman–Crippen MR) is 58.8 cm³/mol. The van der Waals surface area contributed by atoms with Gasteiger partial charge >= 0.3 is 5.97 Å². The van der Waals surface area contributed by atoms with E-state index < -0.39 is 5.97 Å². The first-order valence-corrected chi connectivity index (χ1v) is 6.18. The third-order valence-corrected chi connectivity index (χ3v) is 4.08. The number of hydrogen-bond donors (Lipinski definition) is 1. The number of hydrogen-bond acceptors (Lipinski definition) is 2. The molecule has 1 heterocycles. The molecule has 3 nitrogen and oxygen atoms in total. The number of rotatable bonds is 2. The van der Waals surface area contributed by atoms with E-state index in [0.717, 1.165) is 25.8 Å². The molecule has 1 saturated carbocycles. The van der Waals surface area contributed by atoms with E-state index in [-0.39, 0.29) is 5.92 Å². The third kappa shape index (κ3) is 2.17. The third-order valence-electron chi connectivity index (χ3n) is 4.08. The van der Waals surface area contributed by atoms with Crippen LogP contribution in [0.3, 0.4) is 0 Å². The normalized spacial score (nSPS) is 38.1. The van der Waals surface area contributed by atoms with Crippen LogP contribution in [0.2, 0.25) is 0 Å². The topological polar surface area (TPSA) is 40.5 Å². The molecule has 1 aliphatic heterocycles. The number of likely N-dealkylation sites (tertiary alicyclic amines) is 1. The van der Waals surface area contributed by atoms with Crippen molar-refractivity contribution in [2.24, 2.45) is 5.92 Å². The Morgan fingerprint density at radius 2 is 1.93 bits per heavy atom. The van der Waals surface area contributed by atoms with Crippen molar-refractivity contribution >= 4 is 5.97 Å². The van der Waals surface area contributed by atoms with Crippen LogP contribution in [0.25, 0.3) is 0 Å². The molecule has 2 fully saturated rings. The zero-order valence-electron chi connectivity index (χ0n) is 9.48. The molecular formula is C12H21NO2. The molecule has 1 saturated heterocycles. The summed E-state index contributed by atoms with van der Waals surface area (Å²) in [5, 5.41) is 9.23. The highest BCUT2D eigenvalue weighted by atomic mass is 16.4. The fourth-order valence-corrected chi connectivity index (χ4v) is 3.24. The molecule has 0 amide bonds. The fourth-order valence-electron chi connectivity index (χ4n) is 3.24. The lowest BCUT2D eigenvalue weighted by Crippen LogP contribution is -2.46. The largest absolute Gasteiger partial charge is 0.481 e. The van der Waals surface area contributed by atoms with Crippen LogP contribution in [0, 0.1) is 5.92 Å². The summed E-state index contributed by atoms with van der Waals surface area (Å²) in [4.78, 5) is 13.6. The van der Waals surface area contributed by atoms with Crippen molar-refractivity contribution in [2.45, 2.75) is 57.5 Å². The lowest BCUT2D eigenvalue weighted by Gasteiger charge is -2.38. The minimum atomic E-state index is -0.584. The Morgan fingerprint density at radius 1 is 1.20 bits per heavy atom. The second-order valence-corrected chi connectivity index (χ2v) is 5.03. The van der Waals surface area contributed by atoms with Crippen molar-refractivity contribution in [3.8, 4) is 0 Å². The first-order valence-electron chi connectivity index (χ1n) is 6.18. The summed E-state index contributed by atoms with van der Waals surface area (Å²) in [7, 11) is 0. The van der Waals surface area contributed by atoms with Crippen LogP contribution >= 0.6 is 0 Å². The number of carbonyl (C=O) groups is 1. The van der Waals surface area contributed by atoms with Gasteiger partial charge < -0.3 is 5.11 Å².